The Balaban J connectivity index is 1.05. The first-order valence-electron chi connectivity index (χ1n) is 11.5. The van der Waals surface area contributed by atoms with Crippen molar-refractivity contribution in [3.05, 3.63) is 77.9 Å². The van der Waals surface area contributed by atoms with E-state index in [0.29, 0.717) is 6.61 Å². The van der Waals surface area contributed by atoms with E-state index in [-0.39, 0.29) is 6.79 Å². The molecule has 2 heterocycles. The number of fused-ring (bicyclic) bond motifs is 1. The molecule has 0 spiro atoms. The van der Waals surface area contributed by atoms with Crippen molar-refractivity contribution in [1.29, 1.82) is 0 Å². The predicted octanol–water partition coefficient (Wildman–Crippen LogP) is 4.37. The summed E-state index contributed by atoms with van der Waals surface area (Å²) in [7, 11) is 1.70. The first kappa shape index (κ1) is 21.5. The molecule has 0 bridgehead atoms. The number of methoxy groups -OCH3 is 1. The Morgan fingerprint density at radius 2 is 1.45 bits per heavy atom. The van der Waals surface area contributed by atoms with Crippen LogP contribution in [-0.4, -0.2) is 51.5 Å². The van der Waals surface area contributed by atoms with Crippen LogP contribution in [0.2, 0.25) is 0 Å². The van der Waals surface area contributed by atoms with Crippen molar-refractivity contribution in [3.63, 3.8) is 0 Å². The second-order valence-corrected chi connectivity index (χ2v) is 8.40. The summed E-state index contributed by atoms with van der Waals surface area (Å²) in [5.74, 6) is 3.21. The normalized spacial score (nSPS) is 15.5. The average molecular weight is 447 g/mol. The van der Waals surface area contributed by atoms with Crippen molar-refractivity contribution in [2.45, 2.75) is 13.0 Å². The quantitative estimate of drug-likeness (QED) is 0.512. The van der Waals surface area contributed by atoms with Gasteiger partial charge in [-0.15, -0.1) is 0 Å². The van der Waals surface area contributed by atoms with Crippen LogP contribution in [0.5, 0.6) is 23.0 Å². The molecule has 0 saturated carbocycles. The molecular weight excluding hydrogens is 416 g/mol. The Hall–Kier alpha value is -3.38. The Bertz CT molecular complexity index is 1040. The number of anilines is 1. The highest BCUT2D eigenvalue weighted by Gasteiger charge is 2.17. The highest BCUT2D eigenvalue weighted by atomic mass is 16.7. The van der Waals surface area contributed by atoms with E-state index in [4.69, 9.17) is 18.9 Å². The lowest BCUT2D eigenvalue weighted by Gasteiger charge is -2.36. The van der Waals surface area contributed by atoms with Gasteiger partial charge < -0.3 is 23.8 Å². The first-order chi connectivity index (χ1) is 16.3. The molecule has 6 nitrogen and oxygen atoms in total. The minimum Gasteiger partial charge on any atom is -0.497 e. The van der Waals surface area contributed by atoms with Gasteiger partial charge >= 0.3 is 0 Å². The summed E-state index contributed by atoms with van der Waals surface area (Å²) >= 11 is 0. The van der Waals surface area contributed by atoms with Crippen molar-refractivity contribution < 1.29 is 18.9 Å². The average Bonchev–Trinajstić information content (AvgIpc) is 3.35. The van der Waals surface area contributed by atoms with Crippen LogP contribution >= 0.6 is 0 Å². The predicted molar refractivity (Wildman–Crippen MR) is 129 cm³/mol. The van der Waals surface area contributed by atoms with Gasteiger partial charge in [0.25, 0.3) is 0 Å². The van der Waals surface area contributed by atoms with Crippen molar-refractivity contribution in [3.8, 4) is 23.0 Å². The Labute approximate surface area is 195 Å². The number of ether oxygens (including phenoxy) is 4. The molecule has 0 aromatic heterocycles. The summed E-state index contributed by atoms with van der Waals surface area (Å²) in [4.78, 5) is 5.00. The fraction of sp³-hybridized carbons (Fsp3) is 0.333. The summed E-state index contributed by atoms with van der Waals surface area (Å²) in [6.45, 7) is 6.20. The maximum absolute atomic E-state index is 5.92. The van der Waals surface area contributed by atoms with Gasteiger partial charge in [0, 0.05) is 44.5 Å². The SMILES string of the molecule is COc1ccc(N2CCN(CCc3ccc(COc4ccc5c(c4)OCO5)cc3)CC2)cc1. The minimum atomic E-state index is 0.276. The van der Waals surface area contributed by atoms with E-state index in [1.54, 1.807) is 7.11 Å². The van der Waals surface area contributed by atoms with Crippen molar-refractivity contribution in [2.24, 2.45) is 0 Å². The highest BCUT2D eigenvalue weighted by molar-refractivity contribution is 5.49. The zero-order chi connectivity index (χ0) is 22.5. The summed E-state index contributed by atoms with van der Waals surface area (Å²) in [5, 5.41) is 0. The smallest absolute Gasteiger partial charge is 0.231 e. The maximum atomic E-state index is 5.92. The van der Waals surface area contributed by atoms with Crippen molar-refractivity contribution in [2.75, 3.05) is 51.5 Å². The van der Waals surface area contributed by atoms with Gasteiger partial charge in [0.15, 0.2) is 11.5 Å². The molecule has 3 aromatic carbocycles. The lowest BCUT2D eigenvalue weighted by molar-refractivity contribution is 0.173. The third-order valence-electron chi connectivity index (χ3n) is 6.30. The van der Waals surface area contributed by atoms with Crippen LogP contribution in [0.4, 0.5) is 5.69 Å². The summed E-state index contributed by atoms with van der Waals surface area (Å²) < 4.78 is 21.9. The summed E-state index contributed by atoms with van der Waals surface area (Å²) in [6.07, 6.45) is 1.06. The van der Waals surface area contributed by atoms with Crippen molar-refractivity contribution in [1.82, 2.24) is 4.90 Å². The number of hydrogen-bond donors (Lipinski definition) is 0. The third-order valence-corrected chi connectivity index (χ3v) is 6.30. The van der Waals surface area contributed by atoms with E-state index in [2.05, 4.69) is 46.2 Å². The van der Waals surface area contributed by atoms with Gasteiger partial charge in [0.2, 0.25) is 6.79 Å². The fourth-order valence-electron chi connectivity index (χ4n) is 4.25. The number of nitrogens with zero attached hydrogens (tertiary/aromatic N) is 2. The molecule has 1 fully saturated rings. The van der Waals surface area contributed by atoms with Crippen LogP contribution in [0.3, 0.4) is 0 Å². The summed E-state index contributed by atoms with van der Waals surface area (Å²) in [5.41, 5.74) is 3.79. The van der Waals surface area contributed by atoms with E-state index < -0.39 is 0 Å². The lowest BCUT2D eigenvalue weighted by Crippen LogP contribution is -2.46. The van der Waals surface area contributed by atoms with Crippen LogP contribution in [-0.2, 0) is 13.0 Å². The van der Waals surface area contributed by atoms with E-state index >= 15 is 0 Å². The van der Waals surface area contributed by atoms with Gasteiger partial charge in [-0.25, -0.2) is 0 Å². The first-order valence-corrected chi connectivity index (χ1v) is 11.5. The fourth-order valence-corrected chi connectivity index (χ4v) is 4.25. The topological polar surface area (TPSA) is 43.4 Å². The van der Waals surface area contributed by atoms with E-state index in [0.717, 1.165) is 67.7 Å². The highest BCUT2D eigenvalue weighted by Crippen LogP contribution is 2.35. The molecule has 3 aromatic rings. The van der Waals surface area contributed by atoms with Crippen LogP contribution in [0.25, 0.3) is 0 Å². The maximum Gasteiger partial charge on any atom is 0.231 e. The molecule has 2 aliphatic rings. The lowest BCUT2D eigenvalue weighted by atomic mass is 10.1. The molecule has 2 aliphatic heterocycles. The van der Waals surface area contributed by atoms with Gasteiger partial charge in [-0.2, -0.15) is 0 Å². The third kappa shape index (κ3) is 5.34. The Morgan fingerprint density at radius 1 is 0.758 bits per heavy atom. The summed E-state index contributed by atoms with van der Waals surface area (Å²) in [6, 6.07) is 22.8. The zero-order valence-electron chi connectivity index (χ0n) is 19.0. The molecule has 1 saturated heterocycles. The van der Waals surface area contributed by atoms with Crippen LogP contribution in [0, 0.1) is 0 Å². The second kappa shape index (κ2) is 10.0. The molecule has 0 aliphatic carbocycles. The number of piperazine rings is 1. The van der Waals surface area contributed by atoms with E-state index in [9.17, 15) is 0 Å². The van der Waals surface area contributed by atoms with Gasteiger partial charge in [-0.05, 0) is 53.9 Å². The van der Waals surface area contributed by atoms with Crippen LogP contribution < -0.4 is 23.8 Å². The molecule has 0 atom stereocenters. The minimum absolute atomic E-state index is 0.276. The number of hydrogen-bond acceptors (Lipinski definition) is 6. The molecule has 6 heteroatoms. The van der Waals surface area contributed by atoms with Gasteiger partial charge in [0.1, 0.15) is 18.1 Å². The van der Waals surface area contributed by atoms with E-state index in [1.165, 1.54) is 11.3 Å². The molecule has 5 rings (SSSR count). The Kier molecular flexibility index (Phi) is 6.53. The monoisotopic (exact) mass is 446 g/mol. The number of benzene rings is 3. The van der Waals surface area contributed by atoms with Crippen molar-refractivity contribution >= 4 is 5.69 Å². The van der Waals surface area contributed by atoms with Crippen LogP contribution in [0.15, 0.2) is 66.7 Å². The Morgan fingerprint density at radius 3 is 2.21 bits per heavy atom. The number of rotatable bonds is 8. The standard InChI is InChI=1S/C27H30N2O4/c1-30-24-8-6-23(7-9-24)29-16-14-28(15-17-29)13-12-21-2-4-22(5-3-21)19-31-25-10-11-26-27(18-25)33-20-32-26/h2-11,18H,12-17,19-20H2,1H3. The van der Waals surface area contributed by atoms with E-state index in [1.807, 2.05) is 30.3 Å². The molecule has 0 radical (unpaired) electrons. The van der Waals surface area contributed by atoms with Gasteiger partial charge in [-0.3, -0.25) is 4.90 Å². The largest absolute Gasteiger partial charge is 0.497 e. The van der Waals surface area contributed by atoms with Crippen LogP contribution in [0.1, 0.15) is 11.1 Å². The molecular formula is C27H30N2O4. The molecule has 0 amide bonds. The molecule has 33 heavy (non-hydrogen) atoms. The molecule has 0 N–H and O–H groups in total. The van der Waals surface area contributed by atoms with Gasteiger partial charge in [-0.1, -0.05) is 24.3 Å². The second-order valence-electron chi connectivity index (χ2n) is 8.40. The molecule has 0 unspecified atom stereocenters. The van der Waals surface area contributed by atoms with Gasteiger partial charge in [0.05, 0.1) is 7.11 Å². The molecule has 172 valence electrons. The zero-order valence-corrected chi connectivity index (χ0v) is 19.0.